The van der Waals surface area contributed by atoms with Gasteiger partial charge in [-0.1, -0.05) is 33.8 Å². The third-order valence-corrected chi connectivity index (χ3v) is 7.72. The molecule has 2 aliphatic heterocycles. The average Bonchev–Trinajstić information content (AvgIpc) is 2.71. The molecule has 1 saturated heterocycles. The second kappa shape index (κ2) is 6.76. The van der Waals surface area contributed by atoms with Crippen LogP contribution in [0.15, 0.2) is 55.6 Å². The van der Waals surface area contributed by atoms with Crippen molar-refractivity contribution >= 4 is 45.2 Å². The zero-order valence-electron chi connectivity index (χ0n) is 14.3. The highest BCUT2D eigenvalue weighted by molar-refractivity contribution is 9.10. The van der Waals surface area contributed by atoms with E-state index < -0.39 is 0 Å². The molecule has 0 unspecified atom stereocenters. The van der Waals surface area contributed by atoms with E-state index in [-0.39, 0.29) is 5.41 Å². The van der Waals surface area contributed by atoms with Crippen LogP contribution >= 0.6 is 39.5 Å². The van der Waals surface area contributed by atoms with Crippen LogP contribution in [0.25, 0.3) is 0 Å². The third kappa shape index (κ3) is 2.99. The number of fused-ring (bicyclic) bond motifs is 3. The number of nitrogens with zero attached hydrogens (tertiary/aromatic N) is 1. The van der Waals surface area contributed by atoms with Gasteiger partial charge in [0, 0.05) is 24.7 Å². The van der Waals surface area contributed by atoms with Gasteiger partial charge in [-0.05, 0) is 75.1 Å². The molecule has 2 aliphatic rings. The van der Waals surface area contributed by atoms with Crippen molar-refractivity contribution in [1.82, 2.24) is 4.90 Å². The van der Waals surface area contributed by atoms with Crippen LogP contribution in [-0.4, -0.2) is 37.1 Å². The maximum absolute atomic E-state index is 13.7. The summed E-state index contributed by atoms with van der Waals surface area (Å²) in [6, 6.07) is 12.7. The van der Waals surface area contributed by atoms with Crippen LogP contribution in [0, 0.1) is 0 Å². The van der Waals surface area contributed by atoms with Gasteiger partial charge >= 0.3 is 0 Å². The number of rotatable bonds is 1. The number of piperidine rings is 1. The summed E-state index contributed by atoms with van der Waals surface area (Å²) < 4.78 is 1.02. The van der Waals surface area contributed by atoms with Crippen molar-refractivity contribution in [2.24, 2.45) is 0 Å². The molecule has 1 spiro atoms. The summed E-state index contributed by atoms with van der Waals surface area (Å²) in [5, 5.41) is 0. The number of hydrogen-bond donors (Lipinski definition) is 0. The largest absolute Gasteiger partial charge is 0.306 e. The molecule has 0 aliphatic carbocycles. The highest BCUT2D eigenvalue weighted by Gasteiger charge is 2.46. The molecular formula is C20H20BrNOS2. The summed E-state index contributed by atoms with van der Waals surface area (Å²) in [5.74, 6) is 0.297. The lowest BCUT2D eigenvalue weighted by atomic mass is 9.68. The summed E-state index contributed by atoms with van der Waals surface area (Å²) in [7, 11) is 2.14. The van der Waals surface area contributed by atoms with E-state index >= 15 is 0 Å². The summed E-state index contributed by atoms with van der Waals surface area (Å²) in [4.78, 5) is 19.6. The van der Waals surface area contributed by atoms with Gasteiger partial charge in [-0.3, -0.25) is 4.79 Å². The average molecular weight is 434 g/mol. The minimum absolute atomic E-state index is 0.297. The fourth-order valence-electron chi connectivity index (χ4n) is 3.87. The number of halogens is 1. The first kappa shape index (κ1) is 17.7. The molecule has 2 heterocycles. The molecule has 5 heteroatoms. The van der Waals surface area contributed by atoms with E-state index in [1.807, 2.05) is 12.1 Å². The first-order chi connectivity index (χ1) is 12.0. The number of carbonyl (C=O) groups excluding carboxylic acids is 1. The molecule has 2 nitrogen and oxygen atoms in total. The normalized spacial score (nSPS) is 19.4. The molecule has 0 atom stereocenters. The van der Waals surface area contributed by atoms with Gasteiger partial charge < -0.3 is 4.90 Å². The zero-order valence-corrected chi connectivity index (χ0v) is 17.6. The predicted octanol–water partition coefficient (Wildman–Crippen LogP) is 5.48. The quantitative estimate of drug-likeness (QED) is 0.554. The summed E-state index contributed by atoms with van der Waals surface area (Å²) in [6.07, 6.45) is 3.89. The standard InChI is InChI=1S/C20H20BrNOS2/c1-22-9-7-20(8-10-22)16-6-4-14(24-2)12-18(16)25-17-11-13(21)3-5-15(17)19(20)23/h3-6,11-12H,7-10H2,1-2H3. The Labute approximate surface area is 165 Å². The number of hydrogen-bond acceptors (Lipinski definition) is 4. The molecule has 0 bridgehead atoms. The van der Waals surface area contributed by atoms with Crippen molar-refractivity contribution in [2.45, 2.75) is 32.9 Å². The maximum Gasteiger partial charge on any atom is 0.174 e. The Kier molecular flexibility index (Phi) is 4.78. The summed E-state index contributed by atoms with van der Waals surface area (Å²) >= 11 is 7.06. The molecular weight excluding hydrogens is 414 g/mol. The summed E-state index contributed by atoms with van der Waals surface area (Å²) in [6.45, 7) is 1.93. The first-order valence-corrected chi connectivity index (χ1v) is 11.3. The molecule has 4 rings (SSSR count). The van der Waals surface area contributed by atoms with Crippen molar-refractivity contribution in [3.63, 3.8) is 0 Å². The van der Waals surface area contributed by atoms with Gasteiger partial charge in [0.2, 0.25) is 0 Å². The minimum Gasteiger partial charge on any atom is -0.306 e. The van der Waals surface area contributed by atoms with Gasteiger partial charge in [0.15, 0.2) is 5.78 Å². The molecule has 0 N–H and O–H groups in total. The molecule has 0 radical (unpaired) electrons. The van der Waals surface area contributed by atoms with Crippen LogP contribution in [0.1, 0.15) is 28.8 Å². The Morgan fingerprint density at radius 2 is 1.88 bits per heavy atom. The van der Waals surface area contributed by atoms with Crippen molar-refractivity contribution in [2.75, 3.05) is 26.4 Å². The van der Waals surface area contributed by atoms with E-state index in [0.29, 0.717) is 5.78 Å². The van der Waals surface area contributed by atoms with Crippen molar-refractivity contribution in [3.8, 4) is 0 Å². The Morgan fingerprint density at radius 1 is 1.12 bits per heavy atom. The van der Waals surface area contributed by atoms with Gasteiger partial charge in [-0.15, -0.1) is 11.8 Å². The van der Waals surface area contributed by atoms with E-state index in [4.69, 9.17) is 0 Å². The van der Waals surface area contributed by atoms with E-state index in [1.54, 1.807) is 23.5 Å². The van der Waals surface area contributed by atoms with Gasteiger partial charge in [-0.25, -0.2) is 0 Å². The lowest BCUT2D eigenvalue weighted by Crippen LogP contribution is -2.46. The third-order valence-electron chi connectivity index (χ3n) is 5.39. The number of carbonyl (C=O) groups is 1. The second-order valence-electron chi connectivity index (χ2n) is 6.82. The van der Waals surface area contributed by atoms with Crippen LogP contribution in [0.3, 0.4) is 0 Å². The molecule has 25 heavy (non-hydrogen) atoms. The van der Waals surface area contributed by atoms with Gasteiger partial charge in [0.05, 0.1) is 5.41 Å². The Hall–Kier alpha value is -0.750. The van der Waals surface area contributed by atoms with E-state index in [1.165, 1.54) is 15.4 Å². The fraction of sp³-hybridized carbons (Fsp3) is 0.350. The topological polar surface area (TPSA) is 20.3 Å². The van der Waals surface area contributed by atoms with Crippen LogP contribution in [0.4, 0.5) is 0 Å². The van der Waals surface area contributed by atoms with E-state index in [2.05, 4.69) is 58.4 Å². The van der Waals surface area contributed by atoms with Crippen LogP contribution in [0.2, 0.25) is 0 Å². The molecule has 2 aromatic rings. The van der Waals surface area contributed by atoms with E-state index in [9.17, 15) is 4.79 Å². The maximum atomic E-state index is 13.7. The lowest BCUT2D eigenvalue weighted by molar-refractivity contribution is 0.0788. The predicted molar refractivity (Wildman–Crippen MR) is 109 cm³/mol. The van der Waals surface area contributed by atoms with Crippen LogP contribution in [-0.2, 0) is 5.41 Å². The lowest BCUT2D eigenvalue weighted by Gasteiger charge is -2.40. The summed E-state index contributed by atoms with van der Waals surface area (Å²) in [5.41, 5.74) is 1.71. The van der Waals surface area contributed by atoms with Crippen molar-refractivity contribution in [3.05, 3.63) is 52.0 Å². The molecule has 0 amide bonds. The Morgan fingerprint density at radius 3 is 2.60 bits per heavy atom. The number of ketones is 1. The molecule has 0 aromatic heterocycles. The van der Waals surface area contributed by atoms with Gasteiger partial charge in [0.25, 0.3) is 0 Å². The monoisotopic (exact) mass is 433 g/mol. The second-order valence-corrected chi connectivity index (χ2v) is 9.70. The fourth-order valence-corrected chi connectivity index (χ4v) is 6.15. The van der Waals surface area contributed by atoms with E-state index in [0.717, 1.165) is 40.9 Å². The smallest absolute Gasteiger partial charge is 0.174 e. The molecule has 130 valence electrons. The Balaban J connectivity index is 1.94. The molecule has 2 aromatic carbocycles. The van der Waals surface area contributed by atoms with Crippen molar-refractivity contribution in [1.29, 1.82) is 0 Å². The number of thioether (sulfide) groups is 1. The Bertz CT molecular complexity index is 844. The molecule has 1 fully saturated rings. The SMILES string of the molecule is CSc1ccc2c(c1)Sc1cc(Br)ccc1C(=O)C21CCN(C)CC1. The molecule has 0 saturated carbocycles. The number of likely N-dealkylation sites (tertiary alicyclic amines) is 1. The van der Waals surface area contributed by atoms with Gasteiger partial charge in [0.1, 0.15) is 0 Å². The van der Waals surface area contributed by atoms with Crippen LogP contribution < -0.4 is 0 Å². The van der Waals surface area contributed by atoms with Crippen molar-refractivity contribution < 1.29 is 4.79 Å². The highest BCUT2D eigenvalue weighted by Crippen LogP contribution is 2.49. The first-order valence-electron chi connectivity index (χ1n) is 8.43. The highest BCUT2D eigenvalue weighted by atomic mass is 79.9. The number of Topliss-reactive ketones (excluding diaryl/α,β-unsaturated/α-hetero) is 1. The minimum atomic E-state index is -0.384. The van der Waals surface area contributed by atoms with Gasteiger partial charge in [-0.2, -0.15) is 0 Å². The van der Waals surface area contributed by atoms with Crippen LogP contribution in [0.5, 0.6) is 0 Å². The number of benzene rings is 2. The zero-order chi connectivity index (χ0) is 17.6.